The highest BCUT2D eigenvalue weighted by Crippen LogP contribution is 2.46. The molecule has 5 heteroatoms. The highest BCUT2D eigenvalue weighted by Gasteiger charge is 2.23. The van der Waals surface area contributed by atoms with Gasteiger partial charge in [-0.25, -0.2) is 15.1 Å². The minimum atomic E-state index is -3.26. The van der Waals surface area contributed by atoms with E-state index >= 15 is 0 Å². The number of nitrogens with two attached hydrogens (primary N) is 1. The van der Waals surface area contributed by atoms with Gasteiger partial charge in [-0.3, -0.25) is 0 Å². The topological polar surface area (TPSA) is 61.5 Å². The molecule has 76 valence electrons. The molecule has 4 nitrogen and oxygen atoms in total. The lowest BCUT2D eigenvalue weighted by Gasteiger charge is -2.14. The van der Waals surface area contributed by atoms with Gasteiger partial charge in [0.25, 0.3) is 0 Å². The predicted molar refractivity (Wildman–Crippen MR) is 55.0 cm³/mol. The van der Waals surface area contributed by atoms with Crippen molar-refractivity contribution in [2.24, 2.45) is 5.90 Å². The predicted octanol–water partition coefficient (Wildman–Crippen LogP) is 2.33. The Kier molecular flexibility index (Phi) is 3.89. The first-order valence-electron chi connectivity index (χ1n) is 4.03. The van der Waals surface area contributed by atoms with E-state index < -0.39 is 7.60 Å². The summed E-state index contributed by atoms with van der Waals surface area (Å²) in [5.41, 5.74) is 0. The van der Waals surface area contributed by atoms with Crippen LogP contribution in [0.2, 0.25) is 0 Å². The van der Waals surface area contributed by atoms with Crippen molar-refractivity contribution < 1.29 is 13.7 Å². The Bertz CT molecular complexity index is 339. The van der Waals surface area contributed by atoms with Crippen molar-refractivity contribution in [2.75, 3.05) is 6.16 Å². The van der Waals surface area contributed by atoms with E-state index in [2.05, 4.69) is 11.2 Å². The normalized spacial score (nSPS) is 14.4. The van der Waals surface area contributed by atoms with Crippen LogP contribution in [0, 0.1) is 0 Å². The van der Waals surface area contributed by atoms with Gasteiger partial charge >= 0.3 is 7.60 Å². The molecule has 1 aromatic carbocycles. The van der Waals surface area contributed by atoms with Gasteiger partial charge in [0.1, 0.15) is 5.75 Å². The molecule has 0 aromatic heterocycles. The molecule has 1 unspecified atom stereocenters. The Labute approximate surface area is 82.8 Å². The fourth-order valence-corrected chi connectivity index (χ4v) is 1.86. The second-order valence-electron chi connectivity index (χ2n) is 2.59. The number of hydrogen-bond acceptors (Lipinski definition) is 4. The van der Waals surface area contributed by atoms with Crippen molar-refractivity contribution in [3.05, 3.63) is 43.0 Å². The number of benzene rings is 1. The summed E-state index contributed by atoms with van der Waals surface area (Å²) in [6.45, 7) is 3.45. The van der Waals surface area contributed by atoms with Gasteiger partial charge in [0.15, 0.2) is 0 Å². The maximum absolute atomic E-state index is 11.7. The number of allylic oxidation sites excluding steroid dienone is 1. The lowest BCUT2D eigenvalue weighted by Crippen LogP contribution is -2.05. The first kappa shape index (κ1) is 11.0. The zero-order valence-electron chi connectivity index (χ0n) is 7.63. The first-order valence-corrected chi connectivity index (χ1v) is 5.76. The van der Waals surface area contributed by atoms with Crippen LogP contribution in [0.25, 0.3) is 0 Å². The molecule has 1 atom stereocenters. The van der Waals surface area contributed by atoms with Crippen molar-refractivity contribution in [3.63, 3.8) is 0 Å². The van der Waals surface area contributed by atoms with Crippen molar-refractivity contribution in [3.8, 4) is 5.75 Å². The monoisotopic (exact) mass is 213 g/mol. The van der Waals surface area contributed by atoms with E-state index in [9.17, 15) is 4.57 Å². The molecular formula is C9H12NO3P. The molecule has 14 heavy (non-hydrogen) atoms. The van der Waals surface area contributed by atoms with Crippen molar-refractivity contribution in [1.82, 2.24) is 0 Å². The minimum Gasteiger partial charge on any atom is -0.423 e. The minimum absolute atomic E-state index is 0.0817. The Balaban J connectivity index is 2.75. The molecule has 0 radical (unpaired) electrons. The van der Waals surface area contributed by atoms with Gasteiger partial charge in [-0.2, -0.15) is 0 Å². The average Bonchev–Trinajstić information content (AvgIpc) is 2.20. The van der Waals surface area contributed by atoms with E-state index in [1.807, 2.05) is 6.07 Å². The van der Waals surface area contributed by atoms with Gasteiger partial charge in [0, 0.05) is 0 Å². The molecule has 0 fully saturated rings. The van der Waals surface area contributed by atoms with Crippen molar-refractivity contribution >= 4 is 7.60 Å². The molecule has 0 saturated heterocycles. The van der Waals surface area contributed by atoms with Crippen LogP contribution in [0.3, 0.4) is 0 Å². The summed E-state index contributed by atoms with van der Waals surface area (Å²) >= 11 is 0. The van der Waals surface area contributed by atoms with Crippen LogP contribution in [0.5, 0.6) is 5.75 Å². The summed E-state index contributed by atoms with van der Waals surface area (Å²) in [7, 11) is -3.26. The maximum Gasteiger partial charge on any atom is 0.399 e. The molecule has 0 amide bonds. The van der Waals surface area contributed by atoms with Crippen LogP contribution >= 0.6 is 7.60 Å². The smallest absolute Gasteiger partial charge is 0.399 e. The van der Waals surface area contributed by atoms with Crippen LogP contribution in [0.4, 0.5) is 0 Å². The number of hydrogen-bond donors (Lipinski definition) is 1. The molecule has 1 aromatic rings. The zero-order chi connectivity index (χ0) is 10.4. The van der Waals surface area contributed by atoms with Gasteiger partial charge in [0.05, 0.1) is 6.16 Å². The summed E-state index contributed by atoms with van der Waals surface area (Å²) in [6, 6.07) is 8.71. The standard InChI is InChI=1S/C9H12NO3P/c1-2-8-14(11,13-10)12-9-6-4-3-5-7-9/h2-7H,1,8,10H2. The number of rotatable bonds is 5. The van der Waals surface area contributed by atoms with Crippen LogP contribution in [-0.2, 0) is 9.19 Å². The SMILES string of the molecule is C=CCP(=O)(ON)Oc1ccccc1. The van der Waals surface area contributed by atoms with Crippen LogP contribution in [0.1, 0.15) is 0 Å². The van der Waals surface area contributed by atoms with E-state index in [0.29, 0.717) is 5.75 Å². The quantitative estimate of drug-likeness (QED) is 0.463. The summed E-state index contributed by atoms with van der Waals surface area (Å²) < 4.78 is 21.2. The third-order valence-corrected chi connectivity index (χ3v) is 3.02. The Morgan fingerprint density at radius 2 is 2.07 bits per heavy atom. The fourth-order valence-electron chi connectivity index (χ4n) is 0.902. The van der Waals surface area contributed by atoms with Crippen LogP contribution in [-0.4, -0.2) is 6.16 Å². The second kappa shape index (κ2) is 4.96. The molecule has 0 aliphatic rings. The largest absolute Gasteiger partial charge is 0.423 e. The first-order chi connectivity index (χ1) is 6.70. The van der Waals surface area contributed by atoms with E-state index in [0.717, 1.165) is 0 Å². The molecule has 0 bridgehead atoms. The molecule has 0 aliphatic heterocycles. The molecule has 1 rings (SSSR count). The van der Waals surface area contributed by atoms with Gasteiger partial charge < -0.3 is 4.52 Å². The third-order valence-electron chi connectivity index (χ3n) is 1.50. The van der Waals surface area contributed by atoms with Gasteiger partial charge in [-0.15, -0.1) is 6.58 Å². The second-order valence-corrected chi connectivity index (χ2v) is 4.57. The number of para-hydroxylation sites is 1. The van der Waals surface area contributed by atoms with E-state index in [1.165, 1.54) is 6.08 Å². The lowest BCUT2D eigenvalue weighted by atomic mass is 10.3. The van der Waals surface area contributed by atoms with Gasteiger partial charge in [0.2, 0.25) is 0 Å². The van der Waals surface area contributed by atoms with Crippen LogP contribution < -0.4 is 10.4 Å². The molecule has 0 spiro atoms. The van der Waals surface area contributed by atoms with Crippen molar-refractivity contribution in [1.29, 1.82) is 0 Å². The summed E-state index contributed by atoms with van der Waals surface area (Å²) in [6.07, 6.45) is 1.52. The average molecular weight is 213 g/mol. The summed E-state index contributed by atoms with van der Waals surface area (Å²) in [5, 5.41) is 0. The maximum atomic E-state index is 11.7. The fraction of sp³-hybridized carbons (Fsp3) is 0.111. The Morgan fingerprint density at radius 3 is 2.57 bits per heavy atom. The van der Waals surface area contributed by atoms with E-state index in [-0.39, 0.29) is 6.16 Å². The Hall–Kier alpha value is -1.09. The summed E-state index contributed by atoms with van der Waals surface area (Å²) in [4.78, 5) is 0. The molecule has 0 heterocycles. The molecule has 2 N–H and O–H groups in total. The van der Waals surface area contributed by atoms with Gasteiger partial charge in [-0.1, -0.05) is 24.3 Å². The molecular weight excluding hydrogens is 201 g/mol. The zero-order valence-corrected chi connectivity index (χ0v) is 8.52. The third kappa shape index (κ3) is 3.00. The van der Waals surface area contributed by atoms with Gasteiger partial charge in [-0.05, 0) is 12.1 Å². The Morgan fingerprint density at radius 1 is 1.43 bits per heavy atom. The van der Waals surface area contributed by atoms with E-state index in [1.54, 1.807) is 24.3 Å². The van der Waals surface area contributed by atoms with Crippen molar-refractivity contribution in [2.45, 2.75) is 0 Å². The molecule has 0 saturated carbocycles. The summed E-state index contributed by atoms with van der Waals surface area (Å²) in [5.74, 6) is 5.37. The highest BCUT2D eigenvalue weighted by atomic mass is 31.2. The lowest BCUT2D eigenvalue weighted by molar-refractivity contribution is 0.276. The highest BCUT2D eigenvalue weighted by molar-refractivity contribution is 7.54. The van der Waals surface area contributed by atoms with E-state index in [4.69, 9.17) is 10.4 Å². The van der Waals surface area contributed by atoms with Crippen LogP contribution in [0.15, 0.2) is 43.0 Å². The molecule has 0 aliphatic carbocycles.